The van der Waals surface area contributed by atoms with Crippen molar-refractivity contribution in [3.8, 4) is 5.75 Å². The predicted molar refractivity (Wildman–Crippen MR) is 61.7 cm³/mol. The number of aromatic hydroxyl groups is 1. The molecule has 2 rings (SSSR count). The predicted octanol–water partition coefficient (Wildman–Crippen LogP) is 2.09. The van der Waals surface area contributed by atoms with E-state index in [9.17, 15) is 5.11 Å². The molecule has 0 atom stereocenters. The summed E-state index contributed by atoms with van der Waals surface area (Å²) in [5, 5.41) is 9.55. The van der Waals surface area contributed by atoms with E-state index in [1.807, 2.05) is 12.1 Å². The molecular formula is C13H18O3. The molecule has 0 radical (unpaired) electrons. The van der Waals surface area contributed by atoms with E-state index in [2.05, 4.69) is 6.07 Å². The Hall–Kier alpha value is -1.06. The van der Waals surface area contributed by atoms with Crippen LogP contribution in [0.4, 0.5) is 0 Å². The SMILES string of the molecule is COCC1(c2cccc(O)c2)CCOCC1. The lowest BCUT2D eigenvalue weighted by molar-refractivity contribution is 0.0135. The fourth-order valence-electron chi connectivity index (χ4n) is 2.39. The number of hydrogen-bond donors (Lipinski definition) is 1. The third-order valence-corrected chi connectivity index (χ3v) is 3.33. The lowest BCUT2D eigenvalue weighted by Gasteiger charge is -2.37. The quantitative estimate of drug-likeness (QED) is 0.851. The molecule has 1 aromatic rings. The lowest BCUT2D eigenvalue weighted by Crippen LogP contribution is -2.37. The number of phenolic OH excluding ortho intramolecular Hbond substituents is 1. The van der Waals surface area contributed by atoms with Crippen molar-refractivity contribution in [1.82, 2.24) is 0 Å². The largest absolute Gasteiger partial charge is 0.508 e. The second kappa shape index (κ2) is 4.85. The summed E-state index contributed by atoms with van der Waals surface area (Å²) in [5.41, 5.74) is 1.16. The van der Waals surface area contributed by atoms with E-state index in [1.54, 1.807) is 13.2 Å². The molecule has 1 aliphatic heterocycles. The van der Waals surface area contributed by atoms with Gasteiger partial charge in [-0.2, -0.15) is 0 Å². The average molecular weight is 222 g/mol. The molecule has 0 bridgehead atoms. The Morgan fingerprint density at radius 2 is 2.12 bits per heavy atom. The van der Waals surface area contributed by atoms with Crippen LogP contribution in [0.2, 0.25) is 0 Å². The Balaban J connectivity index is 2.30. The minimum Gasteiger partial charge on any atom is -0.508 e. The van der Waals surface area contributed by atoms with Gasteiger partial charge in [0, 0.05) is 25.7 Å². The summed E-state index contributed by atoms with van der Waals surface area (Å²) in [4.78, 5) is 0. The minimum atomic E-state index is 0.00569. The molecular weight excluding hydrogens is 204 g/mol. The van der Waals surface area contributed by atoms with Crippen molar-refractivity contribution in [3.05, 3.63) is 29.8 Å². The average Bonchev–Trinajstić information content (AvgIpc) is 2.31. The van der Waals surface area contributed by atoms with Gasteiger partial charge in [0.2, 0.25) is 0 Å². The van der Waals surface area contributed by atoms with Gasteiger partial charge in [-0.1, -0.05) is 12.1 Å². The van der Waals surface area contributed by atoms with E-state index in [0.717, 1.165) is 31.6 Å². The summed E-state index contributed by atoms with van der Waals surface area (Å²) in [5.74, 6) is 0.319. The van der Waals surface area contributed by atoms with Crippen LogP contribution in [0.3, 0.4) is 0 Å². The van der Waals surface area contributed by atoms with E-state index in [0.29, 0.717) is 12.4 Å². The molecule has 3 nitrogen and oxygen atoms in total. The van der Waals surface area contributed by atoms with Gasteiger partial charge in [0.05, 0.1) is 6.61 Å². The molecule has 1 saturated heterocycles. The van der Waals surface area contributed by atoms with Crippen molar-refractivity contribution in [2.75, 3.05) is 26.9 Å². The molecule has 1 aliphatic rings. The van der Waals surface area contributed by atoms with E-state index in [4.69, 9.17) is 9.47 Å². The number of hydrogen-bond acceptors (Lipinski definition) is 3. The fraction of sp³-hybridized carbons (Fsp3) is 0.538. The third-order valence-electron chi connectivity index (χ3n) is 3.33. The highest BCUT2D eigenvalue weighted by Crippen LogP contribution is 2.36. The van der Waals surface area contributed by atoms with E-state index >= 15 is 0 Å². The van der Waals surface area contributed by atoms with Crippen LogP contribution in [0.25, 0.3) is 0 Å². The van der Waals surface area contributed by atoms with Gasteiger partial charge in [-0.3, -0.25) is 0 Å². The first kappa shape index (κ1) is 11.4. The van der Waals surface area contributed by atoms with Crippen LogP contribution >= 0.6 is 0 Å². The minimum absolute atomic E-state index is 0.00569. The molecule has 1 fully saturated rings. The van der Waals surface area contributed by atoms with Gasteiger partial charge in [0.15, 0.2) is 0 Å². The van der Waals surface area contributed by atoms with Gasteiger partial charge in [-0.25, -0.2) is 0 Å². The smallest absolute Gasteiger partial charge is 0.115 e. The molecule has 0 spiro atoms. The van der Waals surface area contributed by atoms with Crippen LogP contribution in [0, 0.1) is 0 Å². The fourth-order valence-corrected chi connectivity index (χ4v) is 2.39. The van der Waals surface area contributed by atoms with Crippen LogP contribution in [0.1, 0.15) is 18.4 Å². The van der Waals surface area contributed by atoms with Crippen molar-refractivity contribution in [1.29, 1.82) is 0 Å². The van der Waals surface area contributed by atoms with Crippen molar-refractivity contribution < 1.29 is 14.6 Å². The van der Waals surface area contributed by atoms with Crippen LogP contribution in [0.5, 0.6) is 5.75 Å². The summed E-state index contributed by atoms with van der Waals surface area (Å²) < 4.78 is 10.7. The zero-order chi connectivity index (χ0) is 11.4. The van der Waals surface area contributed by atoms with Crippen LogP contribution < -0.4 is 0 Å². The molecule has 16 heavy (non-hydrogen) atoms. The van der Waals surface area contributed by atoms with Gasteiger partial charge in [-0.15, -0.1) is 0 Å². The van der Waals surface area contributed by atoms with Gasteiger partial charge in [0.25, 0.3) is 0 Å². The number of rotatable bonds is 3. The lowest BCUT2D eigenvalue weighted by atomic mass is 9.75. The number of methoxy groups -OCH3 is 1. The highest BCUT2D eigenvalue weighted by molar-refractivity contribution is 5.33. The molecule has 88 valence electrons. The van der Waals surface area contributed by atoms with Crippen LogP contribution in [-0.4, -0.2) is 32.0 Å². The van der Waals surface area contributed by atoms with Crippen molar-refractivity contribution in [2.45, 2.75) is 18.3 Å². The second-order valence-corrected chi connectivity index (χ2v) is 4.38. The number of ether oxygens (including phenoxy) is 2. The van der Waals surface area contributed by atoms with E-state index in [-0.39, 0.29) is 5.41 Å². The molecule has 0 aromatic heterocycles. The van der Waals surface area contributed by atoms with E-state index < -0.39 is 0 Å². The first-order valence-electron chi connectivity index (χ1n) is 5.63. The summed E-state index contributed by atoms with van der Waals surface area (Å²) in [6, 6.07) is 7.48. The van der Waals surface area contributed by atoms with Crippen LogP contribution in [0.15, 0.2) is 24.3 Å². The zero-order valence-electron chi connectivity index (χ0n) is 9.61. The maximum Gasteiger partial charge on any atom is 0.115 e. The Morgan fingerprint density at radius 3 is 2.75 bits per heavy atom. The molecule has 0 aliphatic carbocycles. The standard InChI is InChI=1S/C13H18O3/c1-15-10-13(5-7-16-8-6-13)11-3-2-4-12(14)9-11/h2-4,9,14H,5-8,10H2,1H3. The third kappa shape index (κ3) is 2.20. The highest BCUT2D eigenvalue weighted by atomic mass is 16.5. The molecule has 3 heteroatoms. The normalized spacial score (nSPS) is 19.6. The highest BCUT2D eigenvalue weighted by Gasteiger charge is 2.34. The Kier molecular flexibility index (Phi) is 3.46. The summed E-state index contributed by atoms with van der Waals surface area (Å²) in [6.45, 7) is 2.21. The van der Waals surface area contributed by atoms with E-state index in [1.165, 1.54) is 0 Å². The van der Waals surface area contributed by atoms with Crippen molar-refractivity contribution in [2.24, 2.45) is 0 Å². The number of benzene rings is 1. The summed E-state index contributed by atoms with van der Waals surface area (Å²) in [7, 11) is 1.72. The Morgan fingerprint density at radius 1 is 1.38 bits per heavy atom. The monoisotopic (exact) mass is 222 g/mol. The van der Waals surface area contributed by atoms with Crippen molar-refractivity contribution >= 4 is 0 Å². The van der Waals surface area contributed by atoms with Gasteiger partial charge < -0.3 is 14.6 Å². The first-order valence-corrected chi connectivity index (χ1v) is 5.63. The number of phenols is 1. The van der Waals surface area contributed by atoms with Gasteiger partial charge >= 0.3 is 0 Å². The maximum absolute atomic E-state index is 9.55. The molecule has 1 heterocycles. The van der Waals surface area contributed by atoms with Gasteiger partial charge in [0.1, 0.15) is 5.75 Å². The molecule has 0 saturated carbocycles. The first-order chi connectivity index (χ1) is 7.77. The molecule has 1 N–H and O–H groups in total. The van der Waals surface area contributed by atoms with Gasteiger partial charge in [-0.05, 0) is 30.5 Å². The van der Waals surface area contributed by atoms with Crippen molar-refractivity contribution in [3.63, 3.8) is 0 Å². The Labute approximate surface area is 96.0 Å². The molecule has 1 aromatic carbocycles. The molecule has 0 unspecified atom stereocenters. The van der Waals surface area contributed by atoms with Crippen LogP contribution in [-0.2, 0) is 14.9 Å². The maximum atomic E-state index is 9.55. The zero-order valence-corrected chi connectivity index (χ0v) is 9.61. The molecule has 0 amide bonds. The summed E-state index contributed by atoms with van der Waals surface area (Å²) in [6.07, 6.45) is 1.90. The summed E-state index contributed by atoms with van der Waals surface area (Å²) >= 11 is 0. The Bertz CT molecular complexity index is 337. The second-order valence-electron chi connectivity index (χ2n) is 4.38. The topological polar surface area (TPSA) is 38.7 Å².